The van der Waals surface area contributed by atoms with Crippen molar-refractivity contribution in [3.63, 3.8) is 0 Å². The summed E-state index contributed by atoms with van der Waals surface area (Å²) >= 11 is 0. The van der Waals surface area contributed by atoms with Gasteiger partial charge in [-0.25, -0.2) is 4.98 Å². The molecule has 0 radical (unpaired) electrons. The maximum atomic E-state index is 10.8. The quantitative estimate of drug-likeness (QED) is 0.594. The van der Waals surface area contributed by atoms with Gasteiger partial charge in [0.25, 0.3) is 0 Å². The first kappa shape index (κ1) is 15.1. The van der Waals surface area contributed by atoms with Gasteiger partial charge in [-0.1, -0.05) is 30.3 Å². The SMILES string of the molecule is Oc1c([C@H](Nc2ccccn2)c2cccnc2)ccc2cccnc12. The van der Waals surface area contributed by atoms with Gasteiger partial charge in [0.2, 0.25) is 0 Å². The zero-order chi connectivity index (χ0) is 17.1. The lowest BCUT2D eigenvalue weighted by atomic mass is 9.97. The van der Waals surface area contributed by atoms with E-state index in [1.165, 1.54) is 0 Å². The number of nitrogens with one attached hydrogen (secondary N) is 1. The second kappa shape index (κ2) is 6.57. The topological polar surface area (TPSA) is 70.9 Å². The molecule has 1 aromatic carbocycles. The molecule has 0 amide bonds. The molecule has 0 fully saturated rings. The number of hydrogen-bond acceptors (Lipinski definition) is 5. The summed E-state index contributed by atoms with van der Waals surface area (Å²) in [6.07, 6.45) is 6.91. The van der Waals surface area contributed by atoms with Crippen molar-refractivity contribution in [1.29, 1.82) is 0 Å². The van der Waals surface area contributed by atoms with E-state index in [0.29, 0.717) is 5.52 Å². The summed E-state index contributed by atoms with van der Waals surface area (Å²) in [5.74, 6) is 0.882. The maximum absolute atomic E-state index is 10.8. The molecule has 0 saturated heterocycles. The Hall–Kier alpha value is -3.47. The van der Waals surface area contributed by atoms with Crippen molar-refractivity contribution in [2.24, 2.45) is 0 Å². The Balaban J connectivity index is 1.85. The molecule has 5 heteroatoms. The highest BCUT2D eigenvalue weighted by Gasteiger charge is 2.20. The lowest BCUT2D eigenvalue weighted by Gasteiger charge is -2.21. The zero-order valence-corrected chi connectivity index (χ0v) is 13.4. The highest BCUT2D eigenvalue weighted by atomic mass is 16.3. The van der Waals surface area contributed by atoms with Crippen LogP contribution in [0.4, 0.5) is 5.82 Å². The van der Waals surface area contributed by atoms with E-state index in [2.05, 4.69) is 20.3 Å². The van der Waals surface area contributed by atoms with Crippen LogP contribution in [0.25, 0.3) is 10.9 Å². The van der Waals surface area contributed by atoms with Crippen LogP contribution < -0.4 is 5.32 Å². The third kappa shape index (κ3) is 2.99. The number of hydrogen-bond donors (Lipinski definition) is 2. The van der Waals surface area contributed by atoms with Crippen molar-refractivity contribution in [2.75, 3.05) is 5.32 Å². The lowest BCUT2D eigenvalue weighted by Crippen LogP contribution is -2.14. The molecule has 3 aromatic heterocycles. The van der Waals surface area contributed by atoms with Gasteiger partial charge in [-0.2, -0.15) is 0 Å². The Morgan fingerprint density at radius 3 is 2.52 bits per heavy atom. The van der Waals surface area contributed by atoms with E-state index >= 15 is 0 Å². The van der Waals surface area contributed by atoms with Gasteiger partial charge in [0, 0.05) is 35.7 Å². The van der Waals surface area contributed by atoms with Crippen LogP contribution in [0, 0.1) is 0 Å². The molecule has 0 spiro atoms. The average molecular weight is 328 g/mol. The normalized spacial score (nSPS) is 12.0. The molecule has 25 heavy (non-hydrogen) atoms. The Bertz CT molecular complexity index is 990. The third-order valence-electron chi connectivity index (χ3n) is 4.06. The van der Waals surface area contributed by atoms with Crippen LogP contribution in [-0.2, 0) is 0 Å². The smallest absolute Gasteiger partial charge is 0.147 e. The summed E-state index contributed by atoms with van der Waals surface area (Å²) in [4.78, 5) is 12.9. The van der Waals surface area contributed by atoms with Crippen LogP contribution in [0.3, 0.4) is 0 Å². The number of rotatable bonds is 4. The molecule has 122 valence electrons. The molecule has 0 aliphatic carbocycles. The van der Waals surface area contributed by atoms with Gasteiger partial charge in [-0.3, -0.25) is 9.97 Å². The molecule has 0 aliphatic heterocycles. The molecule has 4 aromatic rings. The molecule has 3 heterocycles. The number of aromatic hydroxyl groups is 1. The molecule has 1 atom stereocenters. The molecular formula is C20H16N4O. The minimum absolute atomic E-state index is 0.162. The molecule has 0 saturated carbocycles. The van der Waals surface area contributed by atoms with Gasteiger partial charge in [0.15, 0.2) is 0 Å². The highest BCUT2D eigenvalue weighted by molar-refractivity contribution is 5.85. The van der Waals surface area contributed by atoms with Gasteiger partial charge in [0.1, 0.15) is 17.1 Å². The molecule has 2 N–H and O–H groups in total. The lowest BCUT2D eigenvalue weighted by molar-refractivity contribution is 0.471. The van der Waals surface area contributed by atoms with Crippen LogP contribution in [0.5, 0.6) is 5.75 Å². The monoisotopic (exact) mass is 328 g/mol. The number of aromatic nitrogens is 3. The Morgan fingerprint density at radius 1 is 0.840 bits per heavy atom. The van der Waals surface area contributed by atoms with Crippen molar-refractivity contribution in [2.45, 2.75) is 6.04 Å². The van der Waals surface area contributed by atoms with E-state index in [4.69, 9.17) is 0 Å². The first-order valence-corrected chi connectivity index (χ1v) is 7.97. The standard InChI is InChI=1S/C20H16N4O/c25-20-16(9-8-14-5-4-12-23-19(14)20)18(15-6-3-10-21-13-15)24-17-7-1-2-11-22-17/h1-13,18,25H,(H,22,24)/t18-/m1/s1. The fourth-order valence-corrected chi connectivity index (χ4v) is 2.86. The maximum Gasteiger partial charge on any atom is 0.147 e. The predicted molar refractivity (Wildman–Crippen MR) is 97.3 cm³/mol. The summed E-state index contributed by atoms with van der Waals surface area (Å²) in [6.45, 7) is 0. The Labute approximate surface area is 145 Å². The number of anilines is 1. The number of benzene rings is 1. The summed E-state index contributed by atoms with van der Waals surface area (Å²) in [5, 5.41) is 15.1. The molecular weight excluding hydrogens is 312 g/mol. The highest BCUT2D eigenvalue weighted by Crippen LogP contribution is 2.35. The van der Waals surface area contributed by atoms with E-state index in [-0.39, 0.29) is 11.8 Å². The van der Waals surface area contributed by atoms with Gasteiger partial charge in [-0.15, -0.1) is 0 Å². The predicted octanol–water partition coefficient (Wildman–Crippen LogP) is 3.93. The average Bonchev–Trinajstić information content (AvgIpc) is 2.69. The fourth-order valence-electron chi connectivity index (χ4n) is 2.86. The number of phenols is 1. The van der Waals surface area contributed by atoms with Gasteiger partial charge >= 0.3 is 0 Å². The molecule has 0 bridgehead atoms. The zero-order valence-electron chi connectivity index (χ0n) is 13.4. The fraction of sp³-hybridized carbons (Fsp3) is 0.0500. The Morgan fingerprint density at radius 2 is 1.72 bits per heavy atom. The van der Waals surface area contributed by atoms with Crippen LogP contribution >= 0.6 is 0 Å². The van der Waals surface area contributed by atoms with Crippen LogP contribution in [0.1, 0.15) is 17.2 Å². The molecule has 5 nitrogen and oxygen atoms in total. The second-order valence-electron chi connectivity index (χ2n) is 5.66. The Kier molecular flexibility index (Phi) is 3.96. The molecule has 4 rings (SSSR count). The van der Waals surface area contributed by atoms with Crippen molar-refractivity contribution < 1.29 is 5.11 Å². The van der Waals surface area contributed by atoms with E-state index < -0.39 is 0 Å². The second-order valence-corrected chi connectivity index (χ2v) is 5.66. The first-order chi connectivity index (χ1) is 12.3. The van der Waals surface area contributed by atoms with Gasteiger partial charge < -0.3 is 10.4 Å². The van der Waals surface area contributed by atoms with Crippen molar-refractivity contribution in [1.82, 2.24) is 15.0 Å². The number of nitrogens with zero attached hydrogens (tertiary/aromatic N) is 3. The van der Waals surface area contributed by atoms with E-state index in [9.17, 15) is 5.11 Å². The number of phenolic OH excluding ortho intramolecular Hbond substituents is 1. The first-order valence-electron chi connectivity index (χ1n) is 7.97. The number of fused-ring (bicyclic) bond motifs is 1. The summed E-state index contributed by atoms with van der Waals surface area (Å²) < 4.78 is 0. The number of pyridine rings is 3. The van der Waals surface area contributed by atoms with E-state index in [1.54, 1.807) is 24.8 Å². The minimum Gasteiger partial charge on any atom is -0.505 e. The minimum atomic E-state index is -0.296. The summed E-state index contributed by atoms with van der Waals surface area (Å²) in [6, 6.07) is 16.9. The van der Waals surface area contributed by atoms with Crippen molar-refractivity contribution >= 4 is 16.7 Å². The molecule has 0 aliphatic rings. The van der Waals surface area contributed by atoms with E-state index in [0.717, 1.165) is 22.3 Å². The van der Waals surface area contributed by atoms with E-state index in [1.807, 2.05) is 54.6 Å². The van der Waals surface area contributed by atoms with Crippen LogP contribution in [-0.4, -0.2) is 20.1 Å². The van der Waals surface area contributed by atoms with Crippen molar-refractivity contribution in [3.05, 3.63) is 90.5 Å². The van der Waals surface area contributed by atoms with Crippen LogP contribution in [0.2, 0.25) is 0 Å². The molecule has 0 unspecified atom stereocenters. The summed E-state index contributed by atoms with van der Waals surface area (Å²) in [7, 11) is 0. The largest absolute Gasteiger partial charge is 0.505 e. The third-order valence-corrected chi connectivity index (χ3v) is 4.06. The van der Waals surface area contributed by atoms with Gasteiger partial charge in [0.05, 0.1) is 6.04 Å². The summed E-state index contributed by atoms with van der Waals surface area (Å²) in [5.41, 5.74) is 2.24. The van der Waals surface area contributed by atoms with Gasteiger partial charge in [-0.05, 0) is 29.8 Å². The van der Waals surface area contributed by atoms with Crippen LogP contribution in [0.15, 0.2) is 79.4 Å². The van der Waals surface area contributed by atoms with Crippen molar-refractivity contribution in [3.8, 4) is 5.75 Å².